The molecule has 8 nitrogen and oxygen atoms in total. The van der Waals surface area contributed by atoms with Crippen molar-refractivity contribution in [2.75, 3.05) is 23.3 Å². The van der Waals surface area contributed by atoms with Crippen LogP contribution in [-0.4, -0.2) is 44.7 Å². The minimum absolute atomic E-state index is 0.0795. The number of carboxylic acids is 1. The van der Waals surface area contributed by atoms with Crippen molar-refractivity contribution in [1.82, 2.24) is 14.5 Å². The minimum Gasteiger partial charge on any atom is -0.476 e. The SMILES string of the molecule is C[C@@H](Nc1ccc(F)nc1C(=O)O)C1=CCCn2c1nc(N1CCC3(CC1)CC3)cc2=O. The van der Waals surface area contributed by atoms with E-state index in [2.05, 4.69) is 15.2 Å². The fourth-order valence-electron chi connectivity index (χ4n) is 4.82. The molecule has 0 unspecified atom stereocenters. The third kappa shape index (κ3) is 3.76. The number of carbonyl (C=O) groups is 1. The first kappa shape index (κ1) is 20.7. The molecule has 32 heavy (non-hydrogen) atoms. The molecule has 1 saturated heterocycles. The van der Waals surface area contributed by atoms with Gasteiger partial charge in [-0.2, -0.15) is 4.39 Å². The maximum atomic E-state index is 13.4. The van der Waals surface area contributed by atoms with E-state index < -0.39 is 11.9 Å². The summed E-state index contributed by atoms with van der Waals surface area (Å²) in [5.74, 6) is -0.869. The number of nitrogens with one attached hydrogen (secondary N) is 1. The highest BCUT2D eigenvalue weighted by atomic mass is 19.1. The number of rotatable bonds is 5. The number of hydrogen-bond acceptors (Lipinski definition) is 6. The smallest absolute Gasteiger partial charge is 0.356 e. The Morgan fingerprint density at radius 1 is 1.19 bits per heavy atom. The number of piperidine rings is 1. The van der Waals surface area contributed by atoms with Crippen molar-refractivity contribution in [3.05, 3.63) is 52.1 Å². The largest absolute Gasteiger partial charge is 0.476 e. The number of carboxylic acid groups (broad SMARTS) is 1. The Kier molecular flexibility index (Phi) is 4.98. The molecule has 1 aliphatic carbocycles. The molecule has 2 aliphatic heterocycles. The van der Waals surface area contributed by atoms with Crippen LogP contribution in [0.15, 0.2) is 29.1 Å². The lowest BCUT2D eigenvalue weighted by Gasteiger charge is -2.34. The van der Waals surface area contributed by atoms with Crippen molar-refractivity contribution in [2.45, 2.75) is 51.6 Å². The van der Waals surface area contributed by atoms with E-state index in [0.717, 1.165) is 37.6 Å². The summed E-state index contributed by atoms with van der Waals surface area (Å²) in [6.45, 7) is 4.24. The zero-order valence-electron chi connectivity index (χ0n) is 18.0. The molecular formula is C23H26FN5O3. The molecule has 168 valence electrons. The molecule has 4 heterocycles. The first-order valence-electron chi connectivity index (χ1n) is 11.1. The van der Waals surface area contributed by atoms with Crippen molar-refractivity contribution in [2.24, 2.45) is 5.41 Å². The molecule has 2 N–H and O–H groups in total. The fraction of sp³-hybridized carbons (Fsp3) is 0.478. The van der Waals surface area contributed by atoms with E-state index in [1.807, 2.05) is 13.0 Å². The summed E-state index contributed by atoms with van der Waals surface area (Å²) in [6.07, 6.45) is 7.61. The zero-order chi connectivity index (χ0) is 22.5. The Hall–Kier alpha value is -3.23. The van der Waals surface area contributed by atoms with Gasteiger partial charge in [-0.05, 0) is 56.6 Å². The first-order valence-corrected chi connectivity index (χ1v) is 11.1. The number of fused-ring (bicyclic) bond motifs is 1. The summed E-state index contributed by atoms with van der Waals surface area (Å²) >= 11 is 0. The van der Waals surface area contributed by atoms with Gasteiger partial charge in [0.05, 0.1) is 11.7 Å². The summed E-state index contributed by atoms with van der Waals surface area (Å²) in [5.41, 5.74) is 1.10. The highest BCUT2D eigenvalue weighted by Gasteiger charge is 2.44. The molecule has 1 atom stereocenters. The normalized spacial score (nSPS) is 19.8. The lowest BCUT2D eigenvalue weighted by molar-refractivity contribution is 0.0690. The molecule has 0 amide bonds. The molecular weight excluding hydrogens is 413 g/mol. The second-order valence-electron chi connectivity index (χ2n) is 9.06. The minimum atomic E-state index is -1.31. The van der Waals surface area contributed by atoms with Crippen LogP contribution < -0.4 is 15.8 Å². The van der Waals surface area contributed by atoms with Gasteiger partial charge in [-0.3, -0.25) is 9.36 Å². The summed E-state index contributed by atoms with van der Waals surface area (Å²) in [5, 5.41) is 12.5. The van der Waals surface area contributed by atoms with Gasteiger partial charge in [0.2, 0.25) is 5.95 Å². The van der Waals surface area contributed by atoms with E-state index in [1.165, 1.54) is 18.9 Å². The molecule has 2 aromatic heterocycles. The molecule has 5 rings (SSSR count). The van der Waals surface area contributed by atoms with E-state index in [-0.39, 0.29) is 23.0 Å². The Labute approximate surface area is 184 Å². The average Bonchev–Trinajstić information content (AvgIpc) is 3.53. The van der Waals surface area contributed by atoms with Crippen LogP contribution in [0.25, 0.3) is 5.57 Å². The van der Waals surface area contributed by atoms with Crippen LogP contribution >= 0.6 is 0 Å². The van der Waals surface area contributed by atoms with E-state index in [0.29, 0.717) is 30.0 Å². The van der Waals surface area contributed by atoms with Gasteiger partial charge >= 0.3 is 5.97 Å². The van der Waals surface area contributed by atoms with E-state index >= 15 is 0 Å². The Morgan fingerprint density at radius 2 is 1.94 bits per heavy atom. The molecule has 1 saturated carbocycles. The molecule has 0 radical (unpaired) electrons. The second-order valence-corrected chi connectivity index (χ2v) is 9.06. The number of halogens is 1. The van der Waals surface area contributed by atoms with Crippen molar-refractivity contribution in [3.63, 3.8) is 0 Å². The van der Waals surface area contributed by atoms with Crippen LogP contribution in [0.1, 0.15) is 55.3 Å². The predicted octanol–water partition coefficient (Wildman–Crippen LogP) is 3.14. The first-order chi connectivity index (χ1) is 15.3. The third-order valence-electron chi connectivity index (χ3n) is 6.98. The molecule has 9 heteroatoms. The van der Waals surface area contributed by atoms with Gasteiger partial charge in [0.1, 0.15) is 11.6 Å². The Balaban J connectivity index is 1.43. The number of aromatic carboxylic acids is 1. The predicted molar refractivity (Wildman–Crippen MR) is 118 cm³/mol. The van der Waals surface area contributed by atoms with Crippen molar-refractivity contribution in [3.8, 4) is 0 Å². The van der Waals surface area contributed by atoms with Crippen molar-refractivity contribution < 1.29 is 14.3 Å². The van der Waals surface area contributed by atoms with Gasteiger partial charge < -0.3 is 15.3 Å². The van der Waals surface area contributed by atoms with Crippen LogP contribution in [0.3, 0.4) is 0 Å². The number of aromatic nitrogens is 3. The van der Waals surface area contributed by atoms with Crippen LogP contribution in [-0.2, 0) is 6.54 Å². The Morgan fingerprint density at radius 3 is 2.62 bits per heavy atom. The Bertz CT molecular complexity index is 1160. The van der Waals surface area contributed by atoms with Crippen LogP contribution in [0.5, 0.6) is 0 Å². The summed E-state index contributed by atoms with van der Waals surface area (Å²) in [6, 6.07) is 3.76. The summed E-state index contributed by atoms with van der Waals surface area (Å²) in [4.78, 5) is 35.0. The molecule has 3 aliphatic rings. The van der Waals surface area contributed by atoms with E-state index in [4.69, 9.17) is 4.98 Å². The lowest BCUT2D eigenvalue weighted by Crippen LogP contribution is -2.38. The number of anilines is 2. The highest BCUT2D eigenvalue weighted by Crippen LogP contribution is 2.53. The number of allylic oxidation sites excluding steroid dienone is 1. The van der Waals surface area contributed by atoms with Gasteiger partial charge in [0, 0.05) is 31.3 Å². The molecule has 1 spiro atoms. The maximum Gasteiger partial charge on any atom is 0.356 e. The van der Waals surface area contributed by atoms with Gasteiger partial charge in [-0.15, -0.1) is 0 Å². The molecule has 0 bridgehead atoms. The molecule has 2 fully saturated rings. The van der Waals surface area contributed by atoms with Crippen LogP contribution in [0.4, 0.5) is 15.9 Å². The molecule has 2 aromatic rings. The summed E-state index contributed by atoms with van der Waals surface area (Å²) < 4.78 is 15.1. The summed E-state index contributed by atoms with van der Waals surface area (Å²) in [7, 11) is 0. The molecule has 0 aromatic carbocycles. The third-order valence-corrected chi connectivity index (χ3v) is 6.98. The van der Waals surface area contributed by atoms with E-state index in [9.17, 15) is 19.1 Å². The van der Waals surface area contributed by atoms with Crippen molar-refractivity contribution >= 4 is 23.0 Å². The lowest BCUT2D eigenvalue weighted by atomic mass is 9.94. The second kappa shape index (κ2) is 7.72. The highest BCUT2D eigenvalue weighted by molar-refractivity contribution is 5.92. The number of hydrogen-bond donors (Lipinski definition) is 2. The topological polar surface area (TPSA) is 100 Å². The fourth-order valence-corrected chi connectivity index (χ4v) is 4.82. The van der Waals surface area contributed by atoms with Crippen molar-refractivity contribution in [1.29, 1.82) is 0 Å². The van der Waals surface area contributed by atoms with Crippen LogP contribution in [0.2, 0.25) is 0 Å². The standard InChI is InChI=1S/C23H26FN5O3/c1-14(25-16-4-5-17(24)26-20(16)22(31)32)15-3-2-10-29-19(30)13-18(27-21(15)29)28-11-8-23(6-7-23)9-12-28/h3-5,13-14,25H,2,6-12H2,1H3,(H,31,32)/t14-/m1/s1. The van der Waals surface area contributed by atoms with Crippen LogP contribution in [0, 0.1) is 11.4 Å². The monoisotopic (exact) mass is 439 g/mol. The number of nitrogens with zero attached hydrogens (tertiary/aromatic N) is 4. The zero-order valence-corrected chi connectivity index (χ0v) is 18.0. The van der Waals surface area contributed by atoms with Gasteiger partial charge in [-0.1, -0.05) is 6.08 Å². The maximum absolute atomic E-state index is 13.4. The average molecular weight is 439 g/mol. The van der Waals surface area contributed by atoms with Gasteiger partial charge in [0.15, 0.2) is 5.69 Å². The number of pyridine rings is 1. The quantitative estimate of drug-likeness (QED) is 0.691. The van der Waals surface area contributed by atoms with Gasteiger partial charge in [0.25, 0.3) is 5.56 Å². The van der Waals surface area contributed by atoms with E-state index in [1.54, 1.807) is 10.6 Å². The van der Waals surface area contributed by atoms with Gasteiger partial charge in [-0.25, -0.2) is 14.8 Å².